The van der Waals surface area contributed by atoms with Crippen molar-refractivity contribution in [3.8, 4) is 16.3 Å². The van der Waals surface area contributed by atoms with Crippen LogP contribution in [0.5, 0.6) is 5.88 Å². The molecule has 3 saturated carbocycles. The van der Waals surface area contributed by atoms with Crippen LogP contribution >= 0.6 is 27.3 Å². The third-order valence-electron chi connectivity index (χ3n) is 9.88. The van der Waals surface area contributed by atoms with Crippen LogP contribution in [0.4, 0.5) is 0 Å². The average Bonchev–Trinajstić information content (AvgIpc) is 3.59. The number of pyridine rings is 1. The lowest BCUT2D eigenvalue weighted by Crippen LogP contribution is -2.71. The van der Waals surface area contributed by atoms with Crippen LogP contribution in [0.1, 0.15) is 70.7 Å². The summed E-state index contributed by atoms with van der Waals surface area (Å²) in [5.41, 5.74) is 3.62. The van der Waals surface area contributed by atoms with Crippen LogP contribution in [0.3, 0.4) is 0 Å². The normalized spacial score (nSPS) is 26.1. The van der Waals surface area contributed by atoms with E-state index < -0.39 is 29.0 Å². The standard InChI is InChI=1S/C35H42BrN5O5S/c1-20(22-6-8-23(9-7-22)28-21(2)38-19-47-28)39-30(43)26-12-25(42)14-41(26)31(44)29(33(3,4)5)40-32(45)35-15-34(16-35,17-35)18-46-27-11-10-24(36)13-37-27/h6-11,13,19-20,25-26,29,42H,12,14-18H2,1-5H3,(H,39,43)(H,40,45)/t20-,25+,26-,29?,34?,35?/m0/s1. The minimum absolute atomic E-state index is 0.0341. The molecule has 12 heteroatoms. The zero-order valence-electron chi connectivity index (χ0n) is 27.4. The highest BCUT2D eigenvalue weighted by Crippen LogP contribution is 2.73. The number of hydrogen-bond donors (Lipinski definition) is 3. The van der Waals surface area contributed by atoms with Crippen LogP contribution in [0.2, 0.25) is 0 Å². The summed E-state index contributed by atoms with van der Waals surface area (Å²) < 4.78 is 6.79. The Kier molecular flexibility index (Phi) is 8.99. The molecular formula is C35H42BrN5O5S. The van der Waals surface area contributed by atoms with Crippen molar-refractivity contribution in [3.63, 3.8) is 0 Å². The second-order valence-corrected chi connectivity index (χ2v) is 16.5. The van der Waals surface area contributed by atoms with Gasteiger partial charge in [0.1, 0.15) is 12.1 Å². The predicted octanol–water partition coefficient (Wildman–Crippen LogP) is 5.20. The molecule has 10 nitrogen and oxygen atoms in total. The van der Waals surface area contributed by atoms with Gasteiger partial charge in [-0.05, 0) is 71.6 Å². The average molecular weight is 725 g/mol. The van der Waals surface area contributed by atoms with Crippen molar-refractivity contribution < 1.29 is 24.2 Å². The SMILES string of the molecule is Cc1ncsc1-c1ccc([C@H](C)NC(=O)[C@@H]2C[C@@H](O)CN2C(=O)C(NC(=O)C23CC(COc4ccc(Br)cn4)(C2)C3)C(C)(C)C)cc1. The maximum atomic E-state index is 14.1. The van der Waals surface area contributed by atoms with Gasteiger partial charge in [-0.3, -0.25) is 14.4 Å². The van der Waals surface area contributed by atoms with Crippen molar-refractivity contribution in [3.05, 3.63) is 63.8 Å². The molecule has 3 N–H and O–H groups in total. The van der Waals surface area contributed by atoms with Gasteiger partial charge >= 0.3 is 0 Å². The number of aliphatic hydroxyl groups is 1. The third-order valence-corrected chi connectivity index (χ3v) is 11.3. The van der Waals surface area contributed by atoms with E-state index in [1.807, 2.05) is 76.5 Å². The Labute approximate surface area is 287 Å². The third kappa shape index (κ3) is 6.69. The Hall–Kier alpha value is -3.35. The topological polar surface area (TPSA) is 134 Å². The van der Waals surface area contributed by atoms with Crippen molar-refractivity contribution in [2.45, 2.75) is 84.5 Å². The number of aliphatic hydroxyl groups excluding tert-OH is 1. The minimum atomic E-state index is -0.857. The van der Waals surface area contributed by atoms with E-state index in [2.05, 4.69) is 36.5 Å². The van der Waals surface area contributed by atoms with Gasteiger partial charge in [-0.25, -0.2) is 9.97 Å². The maximum Gasteiger partial charge on any atom is 0.246 e. The first-order valence-corrected chi connectivity index (χ1v) is 17.7. The molecule has 2 bridgehead atoms. The van der Waals surface area contributed by atoms with Crippen LogP contribution in [-0.4, -0.2) is 69.0 Å². The number of benzene rings is 1. The fourth-order valence-electron chi connectivity index (χ4n) is 7.37. The van der Waals surface area contributed by atoms with E-state index in [0.717, 1.165) is 26.2 Å². The zero-order chi connectivity index (χ0) is 33.7. The van der Waals surface area contributed by atoms with E-state index >= 15 is 0 Å². The lowest BCUT2D eigenvalue weighted by Gasteiger charge is -2.69. The van der Waals surface area contributed by atoms with E-state index in [0.29, 0.717) is 31.7 Å². The van der Waals surface area contributed by atoms with Gasteiger partial charge in [0.05, 0.1) is 40.2 Å². The molecule has 1 saturated heterocycles. The van der Waals surface area contributed by atoms with Crippen molar-refractivity contribution in [1.29, 1.82) is 0 Å². The lowest BCUT2D eigenvalue weighted by atomic mass is 9.35. The van der Waals surface area contributed by atoms with Gasteiger partial charge in [0.25, 0.3) is 0 Å². The molecule has 1 aromatic carbocycles. The molecule has 4 fully saturated rings. The van der Waals surface area contributed by atoms with Crippen LogP contribution in [0, 0.1) is 23.2 Å². The first-order valence-electron chi connectivity index (χ1n) is 16.0. The second kappa shape index (κ2) is 12.6. The molecular weight excluding hydrogens is 682 g/mol. The second-order valence-electron chi connectivity index (χ2n) is 14.7. The van der Waals surface area contributed by atoms with Crippen LogP contribution in [0.25, 0.3) is 10.4 Å². The van der Waals surface area contributed by atoms with Crippen molar-refractivity contribution in [2.75, 3.05) is 13.2 Å². The molecule has 3 heterocycles. The molecule has 4 atom stereocenters. The Balaban J connectivity index is 1.07. The molecule has 7 rings (SSSR count). The summed E-state index contributed by atoms with van der Waals surface area (Å²) in [6.07, 6.45) is 3.09. The number of thiazole rings is 1. The van der Waals surface area contributed by atoms with E-state index in [4.69, 9.17) is 4.74 Å². The first-order chi connectivity index (χ1) is 22.2. The molecule has 3 aromatic rings. The molecule has 1 aliphatic heterocycles. The number of rotatable bonds is 10. The number of likely N-dealkylation sites (tertiary alicyclic amines) is 1. The molecule has 47 heavy (non-hydrogen) atoms. The Morgan fingerprint density at radius 2 is 1.81 bits per heavy atom. The van der Waals surface area contributed by atoms with E-state index in [1.165, 1.54) is 4.90 Å². The van der Waals surface area contributed by atoms with Crippen LogP contribution in [0.15, 0.2) is 52.6 Å². The Morgan fingerprint density at radius 3 is 2.40 bits per heavy atom. The molecule has 3 aliphatic carbocycles. The number of nitrogens with zero attached hydrogens (tertiary/aromatic N) is 3. The minimum Gasteiger partial charge on any atom is -0.477 e. The number of carbonyl (C=O) groups is 3. The Morgan fingerprint density at radius 1 is 1.11 bits per heavy atom. The van der Waals surface area contributed by atoms with Gasteiger partial charge in [-0.15, -0.1) is 11.3 Å². The number of carbonyl (C=O) groups excluding carboxylic acids is 3. The monoisotopic (exact) mass is 723 g/mol. The zero-order valence-corrected chi connectivity index (χ0v) is 29.8. The number of β-amino-alcohol motifs (C(OH)–C–C–N with tert-alkyl or cyclic N) is 1. The molecule has 3 amide bonds. The van der Waals surface area contributed by atoms with Gasteiger partial charge in [0, 0.05) is 35.1 Å². The fourth-order valence-corrected chi connectivity index (χ4v) is 8.41. The first kappa shape index (κ1) is 33.5. The fraction of sp³-hybridized carbons (Fsp3) is 0.514. The number of ether oxygens (including phenoxy) is 1. The maximum absolute atomic E-state index is 14.1. The number of halogens is 1. The summed E-state index contributed by atoms with van der Waals surface area (Å²) in [6, 6.07) is 9.67. The van der Waals surface area contributed by atoms with E-state index in [9.17, 15) is 19.5 Å². The molecule has 2 aromatic heterocycles. The van der Waals surface area contributed by atoms with Gasteiger partial charge in [0.15, 0.2) is 0 Å². The van der Waals surface area contributed by atoms with E-state index in [-0.39, 0.29) is 42.1 Å². The van der Waals surface area contributed by atoms with Gasteiger partial charge in [-0.2, -0.15) is 0 Å². The summed E-state index contributed by atoms with van der Waals surface area (Å²) >= 11 is 4.96. The number of nitrogens with one attached hydrogen (secondary N) is 2. The quantitative estimate of drug-likeness (QED) is 0.262. The van der Waals surface area contributed by atoms with Crippen LogP contribution < -0.4 is 15.4 Å². The molecule has 0 spiro atoms. The summed E-state index contributed by atoms with van der Waals surface area (Å²) in [6.45, 7) is 10.1. The van der Waals surface area contributed by atoms with Gasteiger partial charge < -0.3 is 25.4 Å². The van der Waals surface area contributed by atoms with Gasteiger partial charge in [0.2, 0.25) is 23.6 Å². The highest BCUT2D eigenvalue weighted by atomic mass is 79.9. The Bertz CT molecular complexity index is 1630. The summed E-state index contributed by atoms with van der Waals surface area (Å²) in [7, 11) is 0. The summed E-state index contributed by atoms with van der Waals surface area (Å²) in [5, 5.41) is 16.7. The molecule has 4 aliphatic rings. The lowest BCUT2D eigenvalue weighted by molar-refractivity contribution is -0.218. The molecule has 250 valence electrons. The smallest absolute Gasteiger partial charge is 0.246 e. The van der Waals surface area contributed by atoms with E-state index in [1.54, 1.807) is 17.5 Å². The number of hydrogen-bond acceptors (Lipinski definition) is 8. The predicted molar refractivity (Wildman–Crippen MR) is 183 cm³/mol. The number of amides is 3. The number of aromatic nitrogens is 2. The largest absolute Gasteiger partial charge is 0.477 e. The van der Waals surface area contributed by atoms with Crippen molar-refractivity contribution in [2.24, 2.45) is 16.2 Å². The van der Waals surface area contributed by atoms with Crippen LogP contribution in [-0.2, 0) is 14.4 Å². The van der Waals surface area contributed by atoms with Crippen molar-refractivity contribution >= 4 is 45.0 Å². The van der Waals surface area contributed by atoms with Crippen molar-refractivity contribution in [1.82, 2.24) is 25.5 Å². The highest BCUT2D eigenvalue weighted by Gasteiger charge is 2.72. The summed E-state index contributed by atoms with van der Waals surface area (Å²) in [4.78, 5) is 52.5. The van der Waals surface area contributed by atoms with Gasteiger partial charge in [-0.1, -0.05) is 45.0 Å². The molecule has 1 unspecified atom stereocenters. The highest BCUT2D eigenvalue weighted by molar-refractivity contribution is 9.10. The number of aryl methyl sites for hydroxylation is 1. The molecule has 0 radical (unpaired) electrons. The summed E-state index contributed by atoms with van der Waals surface area (Å²) in [5.74, 6) is -0.271.